The van der Waals surface area contributed by atoms with Crippen molar-refractivity contribution < 1.29 is 24.2 Å². The van der Waals surface area contributed by atoms with Crippen LogP contribution < -0.4 is 4.74 Å². The lowest BCUT2D eigenvalue weighted by Gasteiger charge is -2.15. The quantitative estimate of drug-likeness (QED) is 0.742. The third kappa shape index (κ3) is 4.97. The van der Waals surface area contributed by atoms with Crippen molar-refractivity contribution in [2.24, 2.45) is 0 Å². The summed E-state index contributed by atoms with van der Waals surface area (Å²) in [5.74, 6) is -0.866. The maximum atomic E-state index is 11.9. The Bertz CT molecular complexity index is 446. The molecule has 1 rings (SSSR count). The van der Waals surface area contributed by atoms with Gasteiger partial charge in [0, 0.05) is 19.7 Å². The predicted molar refractivity (Wildman–Crippen MR) is 68.4 cm³/mol. The van der Waals surface area contributed by atoms with Gasteiger partial charge in [-0.15, -0.1) is 0 Å². The molecule has 0 radical (unpaired) electrons. The zero-order valence-electron chi connectivity index (χ0n) is 11.0. The lowest BCUT2D eigenvalue weighted by Crippen LogP contribution is -2.31. The number of hydrogen-bond acceptors (Lipinski definition) is 4. The molecule has 0 aliphatic carbocycles. The van der Waals surface area contributed by atoms with Gasteiger partial charge in [-0.25, -0.2) is 0 Å². The molecule has 6 heteroatoms. The Balaban J connectivity index is 2.69. The summed E-state index contributed by atoms with van der Waals surface area (Å²) < 4.78 is 10.2. The Morgan fingerprint density at radius 2 is 2.05 bits per heavy atom. The summed E-state index contributed by atoms with van der Waals surface area (Å²) in [6, 6.07) is 6.60. The first-order valence-corrected chi connectivity index (χ1v) is 5.73. The van der Waals surface area contributed by atoms with Crippen molar-refractivity contribution in [2.75, 3.05) is 33.9 Å². The summed E-state index contributed by atoms with van der Waals surface area (Å²) in [6.07, 6.45) is 0. The molecule has 1 aromatic rings. The molecular weight excluding hydrogens is 250 g/mol. The number of rotatable bonds is 7. The van der Waals surface area contributed by atoms with Gasteiger partial charge in [0.2, 0.25) is 0 Å². The fraction of sp³-hybridized carbons (Fsp3) is 0.385. The summed E-state index contributed by atoms with van der Waals surface area (Å²) in [5.41, 5.74) is 0.388. The van der Waals surface area contributed by atoms with Crippen LogP contribution in [0.15, 0.2) is 24.3 Å². The number of methoxy groups -OCH3 is 1. The van der Waals surface area contributed by atoms with Crippen molar-refractivity contribution in [3.63, 3.8) is 0 Å². The van der Waals surface area contributed by atoms with Gasteiger partial charge in [-0.2, -0.15) is 0 Å². The molecule has 1 N–H and O–H groups in total. The first-order chi connectivity index (χ1) is 9.04. The molecule has 1 amide bonds. The third-order valence-electron chi connectivity index (χ3n) is 2.36. The molecule has 0 aliphatic rings. The summed E-state index contributed by atoms with van der Waals surface area (Å²) in [4.78, 5) is 23.6. The zero-order valence-corrected chi connectivity index (χ0v) is 11.0. The molecule has 0 saturated heterocycles. The van der Waals surface area contributed by atoms with Gasteiger partial charge in [-0.3, -0.25) is 9.59 Å². The van der Waals surface area contributed by atoms with Crippen LogP contribution in [0, 0.1) is 0 Å². The maximum Gasteiger partial charge on any atom is 0.323 e. The van der Waals surface area contributed by atoms with Gasteiger partial charge in [0.15, 0.2) is 0 Å². The normalized spacial score (nSPS) is 10.0. The largest absolute Gasteiger partial charge is 0.491 e. The summed E-state index contributed by atoms with van der Waals surface area (Å²) in [5, 5.41) is 8.65. The van der Waals surface area contributed by atoms with E-state index in [1.54, 1.807) is 31.4 Å². The van der Waals surface area contributed by atoms with Crippen LogP contribution >= 0.6 is 0 Å². The van der Waals surface area contributed by atoms with E-state index in [9.17, 15) is 9.59 Å². The average Bonchev–Trinajstić information content (AvgIpc) is 2.38. The van der Waals surface area contributed by atoms with E-state index in [2.05, 4.69) is 0 Å². The van der Waals surface area contributed by atoms with Crippen LogP contribution in [-0.2, 0) is 9.53 Å². The smallest absolute Gasteiger partial charge is 0.323 e. The highest BCUT2D eigenvalue weighted by Crippen LogP contribution is 2.14. The van der Waals surface area contributed by atoms with Gasteiger partial charge in [-0.05, 0) is 18.2 Å². The number of carbonyl (C=O) groups is 2. The fourth-order valence-electron chi connectivity index (χ4n) is 1.46. The molecule has 0 unspecified atom stereocenters. The first-order valence-electron chi connectivity index (χ1n) is 5.73. The molecule has 0 fully saturated rings. The van der Waals surface area contributed by atoms with Crippen molar-refractivity contribution in [3.8, 4) is 5.75 Å². The number of hydrogen-bond donors (Lipinski definition) is 1. The minimum atomic E-state index is -1.05. The van der Waals surface area contributed by atoms with E-state index in [0.717, 1.165) is 4.90 Å². The van der Waals surface area contributed by atoms with Crippen LogP contribution in [0.3, 0.4) is 0 Å². The Labute approximate surface area is 111 Å². The van der Waals surface area contributed by atoms with Crippen LogP contribution in [0.5, 0.6) is 5.75 Å². The number of carbonyl (C=O) groups excluding carboxylic acids is 1. The van der Waals surface area contributed by atoms with Crippen LogP contribution in [0.1, 0.15) is 10.4 Å². The van der Waals surface area contributed by atoms with Crippen molar-refractivity contribution in [2.45, 2.75) is 0 Å². The van der Waals surface area contributed by atoms with E-state index in [1.165, 1.54) is 7.05 Å². The summed E-state index contributed by atoms with van der Waals surface area (Å²) >= 11 is 0. The van der Waals surface area contributed by atoms with Gasteiger partial charge >= 0.3 is 5.97 Å². The molecule has 0 saturated carbocycles. The number of carboxylic acids is 1. The lowest BCUT2D eigenvalue weighted by molar-refractivity contribution is -0.137. The monoisotopic (exact) mass is 267 g/mol. The first kappa shape index (κ1) is 15.0. The second-order valence-electron chi connectivity index (χ2n) is 3.92. The number of ether oxygens (including phenoxy) is 2. The molecule has 0 aliphatic heterocycles. The maximum absolute atomic E-state index is 11.9. The van der Waals surface area contributed by atoms with Gasteiger partial charge < -0.3 is 19.5 Å². The number of aliphatic carboxylic acids is 1. The second kappa shape index (κ2) is 7.38. The highest BCUT2D eigenvalue weighted by molar-refractivity contribution is 5.95. The Hall–Kier alpha value is -2.08. The van der Waals surface area contributed by atoms with Crippen molar-refractivity contribution in [3.05, 3.63) is 29.8 Å². The van der Waals surface area contributed by atoms with Crippen LogP contribution in [0.4, 0.5) is 0 Å². The fourth-order valence-corrected chi connectivity index (χ4v) is 1.46. The third-order valence-corrected chi connectivity index (χ3v) is 2.36. The molecule has 0 bridgehead atoms. The van der Waals surface area contributed by atoms with E-state index >= 15 is 0 Å². The zero-order chi connectivity index (χ0) is 14.3. The van der Waals surface area contributed by atoms with Crippen LogP contribution in [0.25, 0.3) is 0 Å². The lowest BCUT2D eigenvalue weighted by atomic mass is 10.2. The molecule has 104 valence electrons. The van der Waals surface area contributed by atoms with Gasteiger partial charge in [0.05, 0.1) is 6.61 Å². The Morgan fingerprint density at radius 1 is 1.32 bits per heavy atom. The molecule has 0 heterocycles. The van der Waals surface area contributed by atoms with Crippen LogP contribution in [0.2, 0.25) is 0 Å². The number of carboxylic acid groups (broad SMARTS) is 1. The van der Waals surface area contributed by atoms with Gasteiger partial charge in [-0.1, -0.05) is 6.07 Å². The van der Waals surface area contributed by atoms with Gasteiger partial charge in [0.25, 0.3) is 5.91 Å². The van der Waals surface area contributed by atoms with Crippen LogP contribution in [-0.4, -0.2) is 55.8 Å². The SMILES string of the molecule is COCCOc1cccc(C(=O)N(C)CC(=O)O)c1. The standard InChI is InChI=1S/C13H17NO5/c1-14(9-12(15)16)13(17)10-4-3-5-11(8-10)19-7-6-18-2/h3-5,8H,6-7,9H2,1-2H3,(H,15,16). The minimum Gasteiger partial charge on any atom is -0.491 e. The van der Waals surface area contributed by atoms with Crippen molar-refractivity contribution in [1.82, 2.24) is 4.90 Å². The molecule has 6 nitrogen and oxygen atoms in total. The van der Waals surface area contributed by atoms with Crippen molar-refractivity contribution in [1.29, 1.82) is 0 Å². The van der Waals surface area contributed by atoms with Crippen molar-refractivity contribution >= 4 is 11.9 Å². The Morgan fingerprint density at radius 3 is 2.68 bits per heavy atom. The molecule has 0 atom stereocenters. The highest BCUT2D eigenvalue weighted by atomic mass is 16.5. The molecular formula is C13H17NO5. The average molecular weight is 267 g/mol. The topological polar surface area (TPSA) is 76.1 Å². The molecule has 19 heavy (non-hydrogen) atoms. The predicted octanol–water partition coefficient (Wildman–Crippen LogP) is 0.868. The number of amides is 1. The number of nitrogens with zero attached hydrogens (tertiary/aromatic N) is 1. The Kier molecular flexibility index (Phi) is 5.81. The van der Waals surface area contributed by atoms with E-state index in [4.69, 9.17) is 14.6 Å². The van der Waals surface area contributed by atoms with E-state index in [0.29, 0.717) is 24.5 Å². The van der Waals surface area contributed by atoms with Gasteiger partial charge in [0.1, 0.15) is 18.9 Å². The molecule has 1 aromatic carbocycles. The summed E-state index contributed by atoms with van der Waals surface area (Å²) in [7, 11) is 3.01. The minimum absolute atomic E-state index is 0.340. The molecule has 0 aromatic heterocycles. The number of benzene rings is 1. The second-order valence-corrected chi connectivity index (χ2v) is 3.92. The van der Waals surface area contributed by atoms with E-state index < -0.39 is 5.97 Å². The highest BCUT2D eigenvalue weighted by Gasteiger charge is 2.14. The molecule has 0 spiro atoms. The number of likely N-dealkylation sites (N-methyl/N-ethyl adjacent to an activating group) is 1. The van der Waals surface area contributed by atoms with E-state index in [-0.39, 0.29) is 12.5 Å². The van der Waals surface area contributed by atoms with E-state index in [1.807, 2.05) is 0 Å². The summed E-state index contributed by atoms with van der Waals surface area (Å²) in [6.45, 7) is 0.504.